The van der Waals surface area contributed by atoms with Gasteiger partial charge in [-0.15, -0.1) is 12.4 Å². The predicted molar refractivity (Wildman–Crippen MR) is 106 cm³/mol. The number of nitro benzene ring substituents is 1. The van der Waals surface area contributed by atoms with Crippen molar-refractivity contribution in [3.63, 3.8) is 0 Å². The normalized spacial score (nSPS) is 20.4. The topological polar surface area (TPSA) is 97.2 Å². The number of hydrogen-bond acceptors (Lipinski definition) is 8. The summed E-state index contributed by atoms with van der Waals surface area (Å²) < 4.78 is 9.73. The number of carbonyl (C=O) groups excluding carboxylic acids is 1. The Hall–Kier alpha value is -1.94. The minimum Gasteiger partial charge on any atom is -0.475 e. The first-order chi connectivity index (χ1) is 13.1. The third-order valence-electron chi connectivity index (χ3n) is 5.11. The largest absolute Gasteiger partial charge is 0.475 e. The Morgan fingerprint density at radius 3 is 2.75 bits per heavy atom. The molecule has 0 spiro atoms. The van der Waals surface area contributed by atoms with Crippen LogP contribution in [-0.4, -0.2) is 79.7 Å². The lowest BCUT2D eigenvalue weighted by Gasteiger charge is -2.32. The van der Waals surface area contributed by atoms with Gasteiger partial charge in [0, 0.05) is 57.9 Å². The van der Waals surface area contributed by atoms with Crippen molar-refractivity contribution >= 4 is 24.1 Å². The van der Waals surface area contributed by atoms with Crippen LogP contribution in [0.25, 0.3) is 0 Å². The van der Waals surface area contributed by atoms with Crippen molar-refractivity contribution in [1.82, 2.24) is 15.1 Å². The Bertz CT molecular complexity index is 684. The summed E-state index contributed by atoms with van der Waals surface area (Å²) in [6.07, 6.45) is 1.13. The lowest BCUT2D eigenvalue weighted by Crippen LogP contribution is -2.49. The second-order valence-electron chi connectivity index (χ2n) is 6.89. The van der Waals surface area contributed by atoms with Crippen LogP contribution >= 0.6 is 12.4 Å². The van der Waals surface area contributed by atoms with Crippen LogP contribution in [0.3, 0.4) is 0 Å². The molecule has 1 aromatic rings. The highest BCUT2D eigenvalue weighted by Gasteiger charge is 2.28. The van der Waals surface area contributed by atoms with E-state index in [1.165, 1.54) is 13.2 Å². The Balaban J connectivity index is 0.00000280. The second-order valence-corrected chi connectivity index (χ2v) is 6.89. The molecule has 1 unspecified atom stereocenters. The Kier molecular flexibility index (Phi) is 8.43. The molecule has 2 aliphatic heterocycles. The van der Waals surface area contributed by atoms with Gasteiger partial charge in [0.05, 0.1) is 12.0 Å². The summed E-state index contributed by atoms with van der Waals surface area (Å²) in [5, 5.41) is 14.7. The maximum absolute atomic E-state index is 11.4. The number of methoxy groups -OCH3 is 1. The Labute approximate surface area is 170 Å². The summed E-state index contributed by atoms with van der Waals surface area (Å²) in [7, 11) is 1.24. The highest BCUT2D eigenvalue weighted by molar-refractivity contribution is 5.85. The summed E-state index contributed by atoms with van der Waals surface area (Å²) in [5.41, 5.74) is 0.738. The molecule has 2 fully saturated rings. The zero-order valence-corrected chi connectivity index (χ0v) is 16.8. The third kappa shape index (κ3) is 5.78. The first-order valence-corrected chi connectivity index (χ1v) is 9.21. The fourth-order valence-electron chi connectivity index (χ4n) is 3.68. The van der Waals surface area contributed by atoms with Gasteiger partial charge in [0.25, 0.3) is 0 Å². The number of carbonyl (C=O) groups is 1. The monoisotopic (exact) mass is 414 g/mol. The summed E-state index contributed by atoms with van der Waals surface area (Å²) in [6, 6.07) is 5.47. The molecule has 2 aliphatic rings. The van der Waals surface area contributed by atoms with Gasteiger partial charge in [0.15, 0.2) is 12.4 Å². The number of likely N-dealkylation sites (tertiary alicyclic amines) is 1. The molecule has 2 heterocycles. The molecule has 1 N–H and O–H groups in total. The van der Waals surface area contributed by atoms with E-state index >= 15 is 0 Å². The van der Waals surface area contributed by atoms with E-state index in [4.69, 9.17) is 4.74 Å². The quantitative estimate of drug-likeness (QED) is 0.401. The lowest BCUT2D eigenvalue weighted by atomic mass is 10.1. The van der Waals surface area contributed by atoms with Gasteiger partial charge in [0.1, 0.15) is 0 Å². The number of benzene rings is 1. The molecule has 0 amide bonds. The van der Waals surface area contributed by atoms with Gasteiger partial charge in [-0.25, -0.2) is 4.79 Å². The van der Waals surface area contributed by atoms with Crippen LogP contribution in [-0.2, 0) is 16.1 Å². The highest BCUT2D eigenvalue weighted by Crippen LogP contribution is 2.29. The molecule has 10 heteroatoms. The van der Waals surface area contributed by atoms with Crippen molar-refractivity contribution in [1.29, 1.82) is 0 Å². The van der Waals surface area contributed by atoms with Gasteiger partial charge in [0.2, 0.25) is 0 Å². The van der Waals surface area contributed by atoms with E-state index in [1.807, 2.05) is 6.07 Å². The Morgan fingerprint density at radius 2 is 2.07 bits per heavy atom. The molecule has 0 radical (unpaired) electrons. The minimum absolute atomic E-state index is 0. The number of piperazine rings is 1. The van der Waals surface area contributed by atoms with Crippen LogP contribution in [0.4, 0.5) is 5.69 Å². The molecule has 1 aromatic carbocycles. The molecular formula is C18H27ClN4O5. The van der Waals surface area contributed by atoms with Crippen molar-refractivity contribution < 1.29 is 19.2 Å². The zero-order chi connectivity index (χ0) is 19.2. The van der Waals surface area contributed by atoms with E-state index in [0.29, 0.717) is 12.6 Å². The molecule has 1 atom stereocenters. The van der Waals surface area contributed by atoms with Gasteiger partial charge >= 0.3 is 11.7 Å². The summed E-state index contributed by atoms with van der Waals surface area (Å²) in [6.45, 7) is 6.52. The average molecular weight is 415 g/mol. The summed E-state index contributed by atoms with van der Waals surface area (Å²) in [4.78, 5) is 26.9. The smallest absolute Gasteiger partial charge is 0.343 e. The van der Waals surface area contributed by atoms with Crippen LogP contribution in [0.2, 0.25) is 0 Å². The standard InChI is InChI=1S/C18H26N4O5.ClH/c1-26-18(23)13-27-17-3-2-14(10-16(17)22(24)25)11-20-7-4-15(12-20)21-8-5-19-6-9-21;/h2-3,10,15,19H,4-9,11-13H2,1H3;1H. The lowest BCUT2D eigenvalue weighted by molar-refractivity contribution is -0.385. The number of halogens is 1. The molecule has 0 aromatic heterocycles. The van der Waals surface area contributed by atoms with E-state index in [0.717, 1.165) is 51.3 Å². The number of ether oxygens (including phenoxy) is 2. The van der Waals surface area contributed by atoms with Crippen molar-refractivity contribution in [2.24, 2.45) is 0 Å². The zero-order valence-electron chi connectivity index (χ0n) is 16.0. The minimum atomic E-state index is -0.579. The van der Waals surface area contributed by atoms with Crippen LogP contribution < -0.4 is 10.1 Å². The Morgan fingerprint density at radius 1 is 1.32 bits per heavy atom. The highest BCUT2D eigenvalue weighted by atomic mass is 35.5. The van der Waals surface area contributed by atoms with E-state index in [1.54, 1.807) is 6.07 Å². The van der Waals surface area contributed by atoms with Gasteiger partial charge in [-0.2, -0.15) is 0 Å². The number of rotatable bonds is 7. The number of esters is 1. The van der Waals surface area contributed by atoms with Crippen LogP contribution in [0.15, 0.2) is 18.2 Å². The van der Waals surface area contributed by atoms with E-state index < -0.39 is 10.9 Å². The van der Waals surface area contributed by atoms with Crippen LogP contribution in [0, 0.1) is 10.1 Å². The fraction of sp³-hybridized carbons (Fsp3) is 0.611. The first-order valence-electron chi connectivity index (χ1n) is 9.21. The van der Waals surface area contributed by atoms with Gasteiger partial charge in [-0.1, -0.05) is 6.07 Å². The number of nitrogens with one attached hydrogen (secondary N) is 1. The maximum atomic E-state index is 11.4. The van der Waals surface area contributed by atoms with Crippen molar-refractivity contribution in [3.05, 3.63) is 33.9 Å². The van der Waals surface area contributed by atoms with Gasteiger partial charge in [-0.05, 0) is 18.1 Å². The third-order valence-corrected chi connectivity index (χ3v) is 5.11. The maximum Gasteiger partial charge on any atom is 0.343 e. The molecule has 0 bridgehead atoms. The van der Waals surface area contributed by atoms with Crippen molar-refractivity contribution in [2.75, 3.05) is 53.0 Å². The van der Waals surface area contributed by atoms with Crippen LogP contribution in [0.5, 0.6) is 5.75 Å². The van der Waals surface area contributed by atoms with E-state index in [-0.39, 0.29) is 30.5 Å². The fourth-order valence-corrected chi connectivity index (χ4v) is 3.68. The molecular weight excluding hydrogens is 388 g/mol. The van der Waals surface area contributed by atoms with Gasteiger partial charge in [-0.3, -0.25) is 19.9 Å². The number of hydrogen-bond donors (Lipinski definition) is 1. The summed E-state index contributed by atoms with van der Waals surface area (Å²) in [5.74, 6) is -0.501. The molecule has 156 valence electrons. The first kappa shape index (κ1) is 22.4. The average Bonchev–Trinajstić information content (AvgIpc) is 3.15. The number of nitro groups is 1. The van der Waals surface area contributed by atoms with Gasteiger partial charge < -0.3 is 14.8 Å². The van der Waals surface area contributed by atoms with E-state index in [2.05, 4.69) is 19.9 Å². The second kappa shape index (κ2) is 10.6. The van der Waals surface area contributed by atoms with Crippen LogP contribution in [0.1, 0.15) is 12.0 Å². The molecule has 3 rings (SSSR count). The SMILES string of the molecule is COC(=O)COc1ccc(CN2CCC(N3CCNCC3)C2)cc1[N+](=O)[O-].Cl. The van der Waals surface area contributed by atoms with Crippen molar-refractivity contribution in [3.8, 4) is 5.75 Å². The van der Waals surface area contributed by atoms with E-state index in [9.17, 15) is 14.9 Å². The molecule has 28 heavy (non-hydrogen) atoms. The molecule has 9 nitrogen and oxygen atoms in total. The van der Waals surface area contributed by atoms with Crippen molar-refractivity contribution in [2.45, 2.75) is 19.0 Å². The predicted octanol–water partition coefficient (Wildman–Crippen LogP) is 1.05. The molecule has 0 aliphatic carbocycles. The number of nitrogens with zero attached hydrogens (tertiary/aromatic N) is 3. The molecule has 0 saturated carbocycles. The summed E-state index contributed by atoms with van der Waals surface area (Å²) >= 11 is 0. The molecule has 2 saturated heterocycles.